The zero-order valence-corrected chi connectivity index (χ0v) is 8.59. The minimum atomic E-state index is 0.454. The Morgan fingerprint density at radius 2 is 2.33 bits per heavy atom. The van der Waals surface area contributed by atoms with E-state index in [0.717, 1.165) is 11.3 Å². The molecule has 0 bridgehead atoms. The van der Waals surface area contributed by atoms with E-state index in [4.69, 9.17) is 11.6 Å². The van der Waals surface area contributed by atoms with Crippen molar-refractivity contribution >= 4 is 33.2 Å². The summed E-state index contributed by atoms with van der Waals surface area (Å²) in [4.78, 5) is 8.17. The van der Waals surface area contributed by atoms with Gasteiger partial charge in [-0.25, -0.2) is 9.97 Å². The monoisotopic (exact) mass is 245 g/mol. The lowest BCUT2D eigenvalue weighted by molar-refractivity contribution is 1.06. The van der Waals surface area contributed by atoms with Crippen molar-refractivity contribution in [2.45, 2.75) is 6.92 Å². The van der Waals surface area contributed by atoms with Gasteiger partial charge < -0.3 is 0 Å². The Bertz CT molecular complexity index is 437. The molecule has 0 aliphatic carbocycles. The van der Waals surface area contributed by atoms with Crippen LogP contribution in [-0.2, 0) is 0 Å². The summed E-state index contributed by atoms with van der Waals surface area (Å²) < 4.78 is 2.56. The summed E-state index contributed by atoms with van der Waals surface area (Å²) in [7, 11) is 0. The highest BCUT2D eigenvalue weighted by molar-refractivity contribution is 9.10. The number of aromatic nitrogens is 3. The molecule has 2 heterocycles. The molecule has 2 aromatic heterocycles. The number of hydrogen-bond donors (Lipinski definition) is 0. The van der Waals surface area contributed by atoms with Gasteiger partial charge in [-0.2, -0.15) is 0 Å². The van der Waals surface area contributed by atoms with E-state index in [-0.39, 0.29) is 0 Å². The first-order valence-electron chi connectivity index (χ1n) is 3.34. The molecule has 0 aromatic carbocycles. The number of halogens is 2. The van der Waals surface area contributed by atoms with E-state index in [9.17, 15) is 0 Å². The van der Waals surface area contributed by atoms with Crippen LogP contribution in [0.3, 0.4) is 0 Å². The van der Waals surface area contributed by atoms with Crippen molar-refractivity contribution in [1.82, 2.24) is 14.4 Å². The molecule has 0 aliphatic heterocycles. The molecule has 0 amide bonds. The molecule has 2 rings (SSSR count). The van der Waals surface area contributed by atoms with Crippen LogP contribution in [-0.4, -0.2) is 14.4 Å². The van der Waals surface area contributed by atoms with Gasteiger partial charge >= 0.3 is 0 Å². The van der Waals surface area contributed by atoms with E-state index < -0.39 is 0 Å². The standard InChI is InChI=1S/C7H5BrClN3/c1-4-2-10-7-6(8)11-5(9)3-12(4)7/h2-3H,1H3. The average molecular weight is 246 g/mol. The van der Waals surface area contributed by atoms with Gasteiger partial charge in [-0.3, -0.25) is 4.40 Å². The van der Waals surface area contributed by atoms with E-state index in [1.807, 2.05) is 11.3 Å². The van der Waals surface area contributed by atoms with E-state index in [2.05, 4.69) is 25.9 Å². The maximum absolute atomic E-state index is 5.76. The first-order valence-corrected chi connectivity index (χ1v) is 4.51. The van der Waals surface area contributed by atoms with Gasteiger partial charge in [0.15, 0.2) is 10.3 Å². The fourth-order valence-electron chi connectivity index (χ4n) is 1.04. The number of rotatable bonds is 0. The van der Waals surface area contributed by atoms with Crippen LogP contribution >= 0.6 is 27.5 Å². The van der Waals surface area contributed by atoms with E-state index in [1.54, 1.807) is 12.4 Å². The van der Waals surface area contributed by atoms with Crippen LogP contribution < -0.4 is 0 Å². The Hall–Kier alpha value is -0.610. The van der Waals surface area contributed by atoms with Crippen LogP contribution in [0, 0.1) is 6.92 Å². The predicted octanol–water partition coefficient (Wildman–Crippen LogP) is 2.45. The second-order valence-electron chi connectivity index (χ2n) is 2.45. The third-order valence-electron chi connectivity index (χ3n) is 1.61. The highest BCUT2D eigenvalue weighted by Gasteiger charge is 2.05. The fraction of sp³-hybridized carbons (Fsp3) is 0.143. The third-order valence-corrected chi connectivity index (χ3v) is 2.32. The summed E-state index contributed by atoms with van der Waals surface area (Å²) >= 11 is 9.05. The van der Waals surface area contributed by atoms with Crippen molar-refractivity contribution in [3.8, 4) is 0 Å². The molecule has 0 atom stereocenters. The Balaban J connectivity index is 2.92. The van der Waals surface area contributed by atoms with Gasteiger partial charge in [0.05, 0.1) is 0 Å². The minimum absolute atomic E-state index is 0.454. The first kappa shape index (κ1) is 8.01. The maximum Gasteiger partial charge on any atom is 0.170 e. The van der Waals surface area contributed by atoms with Crippen LogP contribution in [0.5, 0.6) is 0 Å². The molecular formula is C7H5BrClN3. The maximum atomic E-state index is 5.76. The number of imidazole rings is 1. The predicted molar refractivity (Wildman–Crippen MR) is 50.4 cm³/mol. The van der Waals surface area contributed by atoms with Gasteiger partial charge in [0.25, 0.3) is 0 Å². The topological polar surface area (TPSA) is 30.2 Å². The first-order chi connectivity index (χ1) is 5.68. The number of hydrogen-bond acceptors (Lipinski definition) is 2. The van der Waals surface area contributed by atoms with Crippen molar-refractivity contribution in [2.75, 3.05) is 0 Å². The molecule has 0 unspecified atom stereocenters. The van der Waals surface area contributed by atoms with Crippen LogP contribution in [0.1, 0.15) is 5.69 Å². The highest BCUT2D eigenvalue weighted by Crippen LogP contribution is 2.18. The molecule has 0 aliphatic rings. The van der Waals surface area contributed by atoms with E-state index in [0.29, 0.717) is 9.76 Å². The summed E-state index contributed by atoms with van der Waals surface area (Å²) in [6.07, 6.45) is 3.52. The second kappa shape index (κ2) is 2.71. The van der Waals surface area contributed by atoms with Crippen molar-refractivity contribution in [2.24, 2.45) is 0 Å². The second-order valence-corrected chi connectivity index (χ2v) is 3.59. The summed E-state index contributed by atoms with van der Waals surface area (Å²) in [6, 6.07) is 0. The summed E-state index contributed by atoms with van der Waals surface area (Å²) in [6.45, 7) is 1.96. The molecule has 2 aromatic rings. The Kier molecular flexibility index (Phi) is 1.81. The molecule has 0 spiro atoms. The molecule has 0 N–H and O–H groups in total. The zero-order chi connectivity index (χ0) is 8.72. The molecule has 0 radical (unpaired) electrons. The third kappa shape index (κ3) is 1.11. The van der Waals surface area contributed by atoms with Crippen molar-refractivity contribution in [3.63, 3.8) is 0 Å². The Morgan fingerprint density at radius 3 is 3.08 bits per heavy atom. The van der Waals surface area contributed by atoms with Gasteiger partial charge in [-0.15, -0.1) is 0 Å². The molecule has 12 heavy (non-hydrogen) atoms. The van der Waals surface area contributed by atoms with Crippen LogP contribution in [0.15, 0.2) is 17.0 Å². The molecule has 62 valence electrons. The zero-order valence-electron chi connectivity index (χ0n) is 6.25. The van der Waals surface area contributed by atoms with Crippen molar-refractivity contribution in [3.05, 3.63) is 27.8 Å². The van der Waals surface area contributed by atoms with E-state index in [1.165, 1.54) is 0 Å². The summed E-state index contributed by atoms with van der Waals surface area (Å²) in [5.41, 5.74) is 1.83. The molecule has 3 nitrogen and oxygen atoms in total. The Morgan fingerprint density at radius 1 is 1.58 bits per heavy atom. The fourth-order valence-corrected chi connectivity index (χ4v) is 1.81. The molecule has 5 heteroatoms. The van der Waals surface area contributed by atoms with Crippen molar-refractivity contribution < 1.29 is 0 Å². The number of fused-ring (bicyclic) bond motifs is 1. The highest BCUT2D eigenvalue weighted by atomic mass is 79.9. The smallest absolute Gasteiger partial charge is 0.170 e. The number of nitrogens with zero attached hydrogens (tertiary/aromatic N) is 3. The van der Waals surface area contributed by atoms with Gasteiger partial charge in [0.1, 0.15) is 5.15 Å². The van der Waals surface area contributed by atoms with Gasteiger partial charge in [0, 0.05) is 18.1 Å². The minimum Gasteiger partial charge on any atom is -0.299 e. The molecule has 0 saturated heterocycles. The Labute approximate surface area is 82.5 Å². The molecule has 0 saturated carbocycles. The lowest BCUT2D eigenvalue weighted by Gasteiger charge is -1.97. The van der Waals surface area contributed by atoms with Crippen molar-refractivity contribution in [1.29, 1.82) is 0 Å². The number of aryl methyl sites for hydroxylation is 1. The summed E-state index contributed by atoms with van der Waals surface area (Å²) in [5.74, 6) is 0. The summed E-state index contributed by atoms with van der Waals surface area (Å²) in [5, 5.41) is 0.454. The SMILES string of the molecule is Cc1cnc2c(Br)nc(Cl)cn12. The lowest BCUT2D eigenvalue weighted by Crippen LogP contribution is -1.90. The van der Waals surface area contributed by atoms with Gasteiger partial charge in [0.2, 0.25) is 0 Å². The van der Waals surface area contributed by atoms with Crippen LogP contribution in [0.25, 0.3) is 5.65 Å². The molecule has 0 fully saturated rings. The van der Waals surface area contributed by atoms with E-state index >= 15 is 0 Å². The normalized spacial score (nSPS) is 10.9. The quantitative estimate of drug-likeness (QED) is 0.715. The lowest BCUT2D eigenvalue weighted by atomic mass is 10.5. The van der Waals surface area contributed by atoms with Crippen LogP contribution in [0.4, 0.5) is 0 Å². The largest absolute Gasteiger partial charge is 0.299 e. The average Bonchev–Trinajstić information content (AvgIpc) is 2.33. The van der Waals surface area contributed by atoms with Gasteiger partial charge in [-0.1, -0.05) is 11.6 Å². The molecular weight excluding hydrogens is 241 g/mol. The van der Waals surface area contributed by atoms with Gasteiger partial charge in [-0.05, 0) is 22.9 Å². The van der Waals surface area contributed by atoms with Crippen LogP contribution in [0.2, 0.25) is 5.15 Å².